The molecule has 2 aliphatic rings. The van der Waals surface area contributed by atoms with Crippen LogP contribution in [0.2, 0.25) is 0 Å². The van der Waals surface area contributed by atoms with Crippen molar-refractivity contribution >= 4 is 82.1 Å². The van der Waals surface area contributed by atoms with E-state index in [1.807, 2.05) is 12.1 Å². The van der Waals surface area contributed by atoms with E-state index in [0.717, 1.165) is 80.3 Å². The molecule has 0 N–H and O–H groups in total. The fourth-order valence-corrected chi connectivity index (χ4v) is 8.87. The first-order valence-electron chi connectivity index (χ1n) is 19.0. The summed E-state index contributed by atoms with van der Waals surface area (Å²) in [5.74, 6) is 0. The first kappa shape index (κ1) is 30.9. The van der Waals surface area contributed by atoms with Crippen molar-refractivity contribution in [1.82, 2.24) is 0 Å². The van der Waals surface area contributed by atoms with Crippen LogP contribution in [0.3, 0.4) is 0 Å². The number of furan rings is 2. The van der Waals surface area contributed by atoms with Crippen molar-refractivity contribution in [3.63, 3.8) is 0 Å². The zero-order chi connectivity index (χ0) is 35.6. The lowest BCUT2D eigenvalue weighted by molar-refractivity contribution is 0.667. The molecule has 0 aliphatic heterocycles. The maximum absolute atomic E-state index is 6.66. The molecule has 2 heterocycles. The normalized spacial score (nSPS) is 18.1. The summed E-state index contributed by atoms with van der Waals surface area (Å²) >= 11 is 0. The Morgan fingerprint density at radius 2 is 0.981 bits per heavy atom. The Hall–Kier alpha value is -6.64. The van der Waals surface area contributed by atoms with Gasteiger partial charge in [-0.05, 0) is 116 Å². The summed E-state index contributed by atoms with van der Waals surface area (Å²) in [5.41, 5.74) is 11.1. The Morgan fingerprint density at radius 3 is 1.70 bits per heavy atom. The third-order valence-electron chi connectivity index (χ3n) is 11.4. The van der Waals surface area contributed by atoms with Crippen molar-refractivity contribution in [2.45, 2.75) is 25.7 Å². The molecule has 0 radical (unpaired) electrons. The Bertz CT molecular complexity index is 3260. The largest absolute Gasteiger partial charge is 0.456 e. The molecule has 256 valence electrons. The number of hydrogen-bond acceptors (Lipinski definition) is 2. The summed E-state index contributed by atoms with van der Waals surface area (Å²) in [4.78, 5) is 0. The zero-order valence-corrected chi connectivity index (χ0v) is 29.8. The molecular weight excluding hydrogens is 657 g/mol. The van der Waals surface area contributed by atoms with Crippen molar-refractivity contribution in [2.24, 2.45) is 0 Å². The predicted octanol–water partition coefficient (Wildman–Crippen LogP) is 12.8. The molecular formula is C52H36O2. The van der Waals surface area contributed by atoms with Crippen LogP contribution in [0.25, 0.3) is 82.1 Å². The van der Waals surface area contributed by atoms with Gasteiger partial charge in [-0.1, -0.05) is 140 Å². The minimum atomic E-state index is 0.866. The number of para-hydroxylation sites is 2. The summed E-state index contributed by atoms with van der Waals surface area (Å²) in [5, 5.41) is 11.6. The van der Waals surface area contributed by atoms with Crippen LogP contribution >= 0.6 is 0 Å². The van der Waals surface area contributed by atoms with Gasteiger partial charge in [0.05, 0.1) is 0 Å². The molecule has 0 spiro atoms. The number of hydrogen-bond donors (Lipinski definition) is 0. The molecule has 0 amide bonds. The van der Waals surface area contributed by atoms with Crippen molar-refractivity contribution in [1.29, 1.82) is 0 Å². The van der Waals surface area contributed by atoms with Crippen LogP contribution in [0.1, 0.15) is 42.4 Å². The van der Waals surface area contributed by atoms with Gasteiger partial charge in [-0.3, -0.25) is 0 Å². The first-order valence-corrected chi connectivity index (χ1v) is 19.0. The summed E-state index contributed by atoms with van der Waals surface area (Å²) in [7, 11) is 0. The van der Waals surface area contributed by atoms with Crippen molar-refractivity contribution < 1.29 is 8.83 Å². The molecule has 0 saturated carbocycles. The van der Waals surface area contributed by atoms with E-state index in [0.29, 0.717) is 0 Å². The highest BCUT2D eigenvalue weighted by Gasteiger charge is 2.20. The maximum Gasteiger partial charge on any atom is 0.143 e. The van der Waals surface area contributed by atoms with Gasteiger partial charge in [-0.15, -0.1) is 0 Å². The first-order chi connectivity index (χ1) is 26.8. The van der Waals surface area contributed by atoms with E-state index < -0.39 is 0 Å². The topological polar surface area (TPSA) is 26.3 Å². The Morgan fingerprint density at radius 1 is 0.389 bits per heavy atom. The van der Waals surface area contributed by atoms with E-state index in [9.17, 15) is 0 Å². The quantitative estimate of drug-likeness (QED) is 0.184. The average Bonchev–Trinajstić information content (AvgIpc) is 3.79. The van der Waals surface area contributed by atoms with Crippen LogP contribution in [-0.2, 0) is 0 Å². The van der Waals surface area contributed by atoms with Gasteiger partial charge in [0.25, 0.3) is 0 Å². The summed E-state index contributed by atoms with van der Waals surface area (Å²) < 4.78 is 13.1. The van der Waals surface area contributed by atoms with Gasteiger partial charge >= 0.3 is 0 Å². The molecule has 0 fully saturated rings. The molecule has 0 atom stereocenters. The third-order valence-corrected chi connectivity index (χ3v) is 11.4. The van der Waals surface area contributed by atoms with Crippen LogP contribution in [0.15, 0.2) is 179 Å². The fraction of sp³-hybridized carbons (Fsp3) is 0.0769. The molecule has 9 aromatic rings. The minimum Gasteiger partial charge on any atom is -0.456 e. The molecule has 0 bridgehead atoms. The lowest BCUT2D eigenvalue weighted by atomic mass is 9.87. The van der Waals surface area contributed by atoms with E-state index in [2.05, 4.69) is 158 Å². The molecule has 2 nitrogen and oxygen atoms in total. The van der Waals surface area contributed by atoms with Gasteiger partial charge in [-0.2, -0.15) is 0 Å². The summed E-state index contributed by atoms with van der Waals surface area (Å²) in [6.07, 6.45) is 20.2. The van der Waals surface area contributed by atoms with Crippen molar-refractivity contribution in [2.75, 3.05) is 0 Å². The summed E-state index contributed by atoms with van der Waals surface area (Å²) in [6.45, 7) is 0. The van der Waals surface area contributed by atoms with E-state index in [1.165, 1.54) is 54.6 Å². The zero-order valence-electron chi connectivity index (χ0n) is 29.8. The van der Waals surface area contributed by atoms with Gasteiger partial charge in [0, 0.05) is 26.9 Å². The van der Waals surface area contributed by atoms with Crippen LogP contribution in [0.4, 0.5) is 0 Å². The van der Waals surface area contributed by atoms with Gasteiger partial charge in [0.15, 0.2) is 0 Å². The van der Waals surface area contributed by atoms with E-state index in [4.69, 9.17) is 8.83 Å². The highest BCUT2D eigenvalue weighted by molar-refractivity contribution is 6.22. The van der Waals surface area contributed by atoms with E-state index in [-0.39, 0.29) is 0 Å². The monoisotopic (exact) mass is 692 g/mol. The SMILES string of the molecule is C1=CCCC(c2ccc(C3=c4\cccc\c4=C(c4cc5c6ccccc6oc5c5cc6oc7ccccc7c6cc45)\C=C\CC\C=C\3)c3ccccc23)=C1. The number of fused-ring (bicyclic) bond motifs is 10. The van der Waals surface area contributed by atoms with Gasteiger partial charge in [0.2, 0.25) is 0 Å². The third kappa shape index (κ3) is 4.87. The lowest BCUT2D eigenvalue weighted by Crippen LogP contribution is -2.29. The van der Waals surface area contributed by atoms with Crippen LogP contribution in [0, 0.1) is 0 Å². The Labute approximate surface area is 312 Å². The van der Waals surface area contributed by atoms with E-state index in [1.54, 1.807) is 0 Å². The molecule has 2 heteroatoms. The fourth-order valence-electron chi connectivity index (χ4n) is 8.87. The molecule has 54 heavy (non-hydrogen) atoms. The maximum atomic E-state index is 6.66. The van der Waals surface area contributed by atoms with Gasteiger partial charge in [0.1, 0.15) is 22.3 Å². The van der Waals surface area contributed by atoms with Gasteiger partial charge in [-0.25, -0.2) is 0 Å². The van der Waals surface area contributed by atoms with Crippen molar-refractivity contribution in [3.8, 4) is 0 Å². The minimum absolute atomic E-state index is 0.866. The standard InChI is InChI=1S/C52H36O2/c1-2-7-19-40(38-23-11-10-22-37(38)39(18-6-1)41-29-28-34(33-16-4-3-5-17-33)35-20-8-9-21-36(35)41)44-31-47-43-25-13-15-27-50(43)54-52(47)48-32-51-46(30-45(44)48)42-24-12-14-26-49(42)53-51/h3-4,6-16,18-32H,1-2,5,17H2/b18-6+,19-7+,39-37+,40-38+. The highest BCUT2D eigenvalue weighted by atomic mass is 16.3. The van der Waals surface area contributed by atoms with Crippen molar-refractivity contribution in [3.05, 3.63) is 197 Å². The van der Waals surface area contributed by atoms with Gasteiger partial charge < -0.3 is 8.83 Å². The molecule has 2 aliphatic carbocycles. The van der Waals surface area contributed by atoms with E-state index >= 15 is 0 Å². The molecule has 7 aromatic carbocycles. The number of rotatable bonds is 3. The van der Waals surface area contributed by atoms with Crippen LogP contribution in [0.5, 0.6) is 0 Å². The molecule has 0 unspecified atom stereocenters. The van der Waals surface area contributed by atoms with Crippen LogP contribution in [-0.4, -0.2) is 0 Å². The summed E-state index contributed by atoms with van der Waals surface area (Å²) in [6, 6.07) is 46.2. The molecule has 0 saturated heterocycles. The molecule has 11 rings (SSSR count). The lowest BCUT2D eigenvalue weighted by Gasteiger charge is -2.17. The second kappa shape index (κ2) is 12.5. The Balaban J connectivity index is 1.29. The Kier molecular flexibility index (Phi) is 7.16. The number of allylic oxidation sites excluding steroid dienone is 8. The molecule has 2 aromatic heterocycles. The second-order valence-corrected chi connectivity index (χ2v) is 14.5. The number of benzene rings is 7. The second-order valence-electron chi connectivity index (χ2n) is 14.5. The predicted molar refractivity (Wildman–Crippen MR) is 227 cm³/mol. The highest BCUT2D eigenvalue weighted by Crippen LogP contribution is 2.42. The smallest absolute Gasteiger partial charge is 0.143 e. The average molecular weight is 693 g/mol. The van der Waals surface area contributed by atoms with Crippen LogP contribution < -0.4 is 10.4 Å².